The summed E-state index contributed by atoms with van der Waals surface area (Å²) in [5, 5.41) is 6.49. The van der Waals surface area contributed by atoms with Gasteiger partial charge in [0.15, 0.2) is 0 Å². The predicted molar refractivity (Wildman–Crippen MR) is 93.3 cm³/mol. The minimum Gasteiger partial charge on any atom is -0.263 e. The van der Waals surface area contributed by atoms with Crippen molar-refractivity contribution in [3.8, 4) is 0 Å². The Morgan fingerprint density at radius 2 is 1.90 bits per heavy atom. The average molecular weight is 286 g/mol. The Morgan fingerprint density at radius 1 is 1.29 bits per heavy atom. The van der Waals surface area contributed by atoms with E-state index in [4.69, 9.17) is 0 Å². The summed E-state index contributed by atoms with van der Waals surface area (Å²) in [5.74, 6) is 0. The van der Waals surface area contributed by atoms with Gasteiger partial charge in [-0.2, -0.15) is 5.10 Å². The molecule has 0 radical (unpaired) electrons. The van der Waals surface area contributed by atoms with Gasteiger partial charge in [-0.3, -0.25) is 5.01 Å². The van der Waals surface area contributed by atoms with Gasteiger partial charge >= 0.3 is 0 Å². The number of hydrazone groups is 1. The van der Waals surface area contributed by atoms with E-state index in [1.165, 1.54) is 24.1 Å². The first kappa shape index (κ1) is 17.5. The molecular weight excluding hydrogens is 256 g/mol. The molecule has 0 heterocycles. The lowest BCUT2D eigenvalue weighted by Gasteiger charge is -2.40. The fourth-order valence-corrected chi connectivity index (χ4v) is 2.73. The molecule has 0 aliphatic rings. The largest absolute Gasteiger partial charge is 0.263 e. The van der Waals surface area contributed by atoms with Crippen molar-refractivity contribution in [2.24, 2.45) is 10.5 Å². The SMILES string of the molecule is C=NN(/C(=C\C)CCCC)C(c1ccccc1)C(C)(C)C. The number of benzene rings is 1. The van der Waals surface area contributed by atoms with Gasteiger partial charge in [-0.05, 0) is 30.7 Å². The maximum atomic E-state index is 4.37. The second-order valence-corrected chi connectivity index (χ2v) is 6.55. The summed E-state index contributed by atoms with van der Waals surface area (Å²) in [5.41, 5.74) is 2.62. The Hall–Kier alpha value is -1.57. The van der Waals surface area contributed by atoms with Crippen LogP contribution in [0.25, 0.3) is 0 Å². The Balaban J connectivity index is 3.19. The highest BCUT2D eigenvalue weighted by Gasteiger charge is 2.32. The number of rotatable bonds is 7. The lowest BCUT2D eigenvalue weighted by Crippen LogP contribution is -2.33. The maximum Gasteiger partial charge on any atom is 0.0819 e. The van der Waals surface area contributed by atoms with E-state index in [1.54, 1.807) is 0 Å². The van der Waals surface area contributed by atoms with Crippen molar-refractivity contribution in [2.75, 3.05) is 0 Å². The molecule has 0 amide bonds. The van der Waals surface area contributed by atoms with Crippen LogP contribution in [0.1, 0.15) is 65.5 Å². The molecule has 0 saturated carbocycles. The van der Waals surface area contributed by atoms with Gasteiger partial charge in [-0.25, -0.2) is 0 Å². The van der Waals surface area contributed by atoms with Crippen molar-refractivity contribution < 1.29 is 0 Å². The van der Waals surface area contributed by atoms with Gasteiger partial charge in [0.2, 0.25) is 0 Å². The number of nitrogens with zero attached hydrogens (tertiary/aromatic N) is 2. The molecule has 0 fully saturated rings. The zero-order valence-electron chi connectivity index (χ0n) is 14.3. The summed E-state index contributed by atoms with van der Waals surface area (Å²) in [6.45, 7) is 14.9. The Bertz CT molecular complexity index is 454. The Morgan fingerprint density at radius 3 is 2.33 bits per heavy atom. The lowest BCUT2D eigenvalue weighted by molar-refractivity contribution is 0.134. The predicted octanol–water partition coefficient (Wildman–Crippen LogP) is 5.79. The van der Waals surface area contributed by atoms with E-state index in [0.717, 1.165) is 6.42 Å². The minimum absolute atomic E-state index is 0.0724. The monoisotopic (exact) mass is 286 g/mol. The third-order valence-corrected chi connectivity index (χ3v) is 3.75. The summed E-state index contributed by atoms with van der Waals surface area (Å²) in [6, 6.07) is 10.8. The molecule has 0 aromatic heterocycles. The van der Waals surface area contributed by atoms with E-state index in [2.05, 4.69) is 87.9 Å². The third kappa shape index (κ3) is 4.73. The second-order valence-electron chi connectivity index (χ2n) is 6.55. The zero-order chi connectivity index (χ0) is 15.9. The molecule has 1 aromatic rings. The van der Waals surface area contributed by atoms with Crippen LogP contribution in [0.2, 0.25) is 0 Å². The highest BCUT2D eigenvalue weighted by atomic mass is 15.5. The molecule has 116 valence electrons. The van der Waals surface area contributed by atoms with Gasteiger partial charge in [0.1, 0.15) is 0 Å². The zero-order valence-corrected chi connectivity index (χ0v) is 14.3. The van der Waals surface area contributed by atoms with E-state index in [9.17, 15) is 0 Å². The van der Waals surface area contributed by atoms with Crippen LogP contribution < -0.4 is 0 Å². The van der Waals surface area contributed by atoms with E-state index in [0.29, 0.717) is 0 Å². The first-order chi connectivity index (χ1) is 9.95. The van der Waals surface area contributed by atoms with Crippen LogP contribution in [-0.4, -0.2) is 11.7 Å². The molecule has 0 N–H and O–H groups in total. The normalized spacial score (nSPS) is 13.9. The Kier molecular flexibility index (Phi) is 6.67. The molecule has 0 saturated heterocycles. The van der Waals surface area contributed by atoms with E-state index in [1.807, 2.05) is 0 Å². The molecule has 0 aliphatic carbocycles. The van der Waals surface area contributed by atoms with Crippen LogP contribution >= 0.6 is 0 Å². The number of unbranched alkanes of at least 4 members (excludes halogenated alkanes) is 1. The first-order valence-electron chi connectivity index (χ1n) is 7.91. The van der Waals surface area contributed by atoms with Crippen LogP contribution in [0.15, 0.2) is 47.2 Å². The molecule has 2 nitrogen and oxygen atoms in total. The lowest BCUT2D eigenvalue weighted by atomic mass is 9.81. The fourth-order valence-electron chi connectivity index (χ4n) is 2.73. The molecular formula is C19H30N2. The molecule has 21 heavy (non-hydrogen) atoms. The highest BCUT2D eigenvalue weighted by molar-refractivity contribution is 5.27. The van der Waals surface area contributed by atoms with E-state index < -0.39 is 0 Å². The summed E-state index contributed by atoms with van der Waals surface area (Å²) < 4.78 is 0. The molecule has 2 heteroatoms. The van der Waals surface area contributed by atoms with Crippen LogP contribution in [0.4, 0.5) is 0 Å². The molecule has 0 bridgehead atoms. The van der Waals surface area contributed by atoms with Crippen molar-refractivity contribution in [1.82, 2.24) is 5.01 Å². The van der Waals surface area contributed by atoms with Gasteiger partial charge in [0, 0.05) is 12.4 Å². The maximum absolute atomic E-state index is 4.37. The number of hydrogen-bond donors (Lipinski definition) is 0. The second kappa shape index (κ2) is 8.02. The van der Waals surface area contributed by atoms with Gasteiger partial charge in [0.05, 0.1) is 6.04 Å². The van der Waals surface area contributed by atoms with E-state index in [-0.39, 0.29) is 11.5 Å². The van der Waals surface area contributed by atoms with Gasteiger partial charge < -0.3 is 0 Å². The first-order valence-corrected chi connectivity index (χ1v) is 7.91. The summed E-state index contributed by atoms with van der Waals surface area (Å²) in [4.78, 5) is 0. The van der Waals surface area contributed by atoms with Crippen molar-refractivity contribution in [3.63, 3.8) is 0 Å². The van der Waals surface area contributed by atoms with Crippen LogP contribution in [0, 0.1) is 5.41 Å². The topological polar surface area (TPSA) is 15.6 Å². The summed E-state index contributed by atoms with van der Waals surface area (Å²) >= 11 is 0. The van der Waals surface area contributed by atoms with E-state index >= 15 is 0 Å². The number of allylic oxidation sites excluding steroid dienone is 2. The molecule has 1 rings (SSSR count). The van der Waals surface area contributed by atoms with Gasteiger partial charge in [-0.15, -0.1) is 0 Å². The summed E-state index contributed by atoms with van der Waals surface area (Å²) in [6.07, 6.45) is 5.59. The van der Waals surface area contributed by atoms with Crippen LogP contribution in [0.3, 0.4) is 0 Å². The smallest absolute Gasteiger partial charge is 0.0819 e. The van der Waals surface area contributed by atoms with Crippen LogP contribution in [0.5, 0.6) is 0 Å². The minimum atomic E-state index is 0.0724. The standard InChI is InChI=1S/C19H30N2/c1-7-9-15-17(8-2)21(20-6)18(19(3,4)5)16-13-11-10-12-14-16/h8,10-14,18H,6-7,9,15H2,1-5H3/b17-8-. The quantitative estimate of drug-likeness (QED) is 0.458. The fraction of sp³-hybridized carbons (Fsp3) is 0.526. The summed E-state index contributed by atoms with van der Waals surface area (Å²) in [7, 11) is 0. The molecule has 0 spiro atoms. The van der Waals surface area contributed by atoms with Crippen molar-refractivity contribution in [3.05, 3.63) is 47.7 Å². The van der Waals surface area contributed by atoms with Gasteiger partial charge in [0.25, 0.3) is 0 Å². The molecule has 1 aromatic carbocycles. The molecule has 1 atom stereocenters. The highest BCUT2D eigenvalue weighted by Crippen LogP contribution is 2.40. The van der Waals surface area contributed by atoms with Crippen molar-refractivity contribution in [2.45, 2.75) is 59.9 Å². The van der Waals surface area contributed by atoms with Crippen LogP contribution in [-0.2, 0) is 0 Å². The molecule has 1 unspecified atom stereocenters. The van der Waals surface area contributed by atoms with Gasteiger partial charge in [-0.1, -0.05) is 70.5 Å². The Labute approximate surface area is 130 Å². The average Bonchev–Trinajstić information content (AvgIpc) is 2.46. The molecule has 0 aliphatic heterocycles. The van der Waals surface area contributed by atoms with Crippen molar-refractivity contribution in [1.29, 1.82) is 0 Å². The third-order valence-electron chi connectivity index (χ3n) is 3.75. The van der Waals surface area contributed by atoms with Crippen molar-refractivity contribution >= 4 is 6.72 Å². The number of hydrogen-bond acceptors (Lipinski definition) is 2.